The Morgan fingerprint density at radius 3 is 2.27 bits per heavy atom. The molecule has 0 aromatic heterocycles. The fraction of sp³-hybridized carbons (Fsp3) is 0.235. The second kappa shape index (κ2) is 6.64. The zero-order chi connectivity index (χ0) is 16.2. The average molecular weight is 307 g/mol. The number of rotatable bonds is 4. The predicted octanol–water partition coefficient (Wildman–Crippen LogP) is 3.99. The van der Waals surface area contributed by atoms with E-state index in [1.807, 2.05) is 19.1 Å². The molecule has 0 aliphatic heterocycles. The van der Waals surface area contributed by atoms with E-state index in [0.717, 1.165) is 23.3 Å². The molecule has 0 aliphatic rings. The van der Waals surface area contributed by atoms with Crippen LogP contribution in [-0.2, 0) is 12.6 Å². The number of aryl methyl sites for hydroxylation is 1. The largest absolute Gasteiger partial charge is 0.416 e. The van der Waals surface area contributed by atoms with Gasteiger partial charge in [-0.1, -0.05) is 30.3 Å². The Morgan fingerprint density at radius 1 is 1.05 bits per heavy atom. The quantitative estimate of drug-likeness (QED) is 0.909. The van der Waals surface area contributed by atoms with Crippen LogP contribution in [-0.4, -0.2) is 12.5 Å². The highest BCUT2D eigenvalue weighted by atomic mass is 19.4. The van der Waals surface area contributed by atoms with Gasteiger partial charge in [-0.05, 0) is 42.7 Å². The number of hydrogen-bond donors (Lipinski definition) is 1. The second-order valence-electron chi connectivity index (χ2n) is 5.02. The highest BCUT2D eigenvalue weighted by Crippen LogP contribution is 2.29. The van der Waals surface area contributed by atoms with E-state index in [4.69, 9.17) is 0 Å². The normalized spacial score (nSPS) is 11.3. The number of carbonyl (C=O) groups is 1. The summed E-state index contributed by atoms with van der Waals surface area (Å²) in [7, 11) is 0. The molecule has 2 rings (SSSR count). The lowest BCUT2D eigenvalue weighted by molar-refractivity contribution is -0.137. The van der Waals surface area contributed by atoms with Gasteiger partial charge >= 0.3 is 6.18 Å². The van der Waals surface area contributed by atoms with Gasteiger partial charge in [0.25, 0.3) is 5.91 Å². The van der Waals surface area contributed by atoms with Crippen LogP contribution in [0.5, 0.6) is 0 Å². The maximum atomic E-state index is 12.4. The highest BCUT2D eigenvalue weighted by Gasteiger charge is 2.29. The topological polar surface area (TPSA) is 29.1 Å². The summed E-state index contributed by atoms with van der Waals surface area (Å²) < 4.78 is 37.3. The first-order valence-electron chi connectivity index (χ1n) is 6.88. The molecular formula is C17H16F3NO. The Kier molecular flexibility index (Phi) is 4.85. The molecule has 2 aromatic rings. The smallest absolute Gasteiger partial charge is 0.352 e. The van der Waals surface area contributed by atoms with Gasteiger partial charge in [-0.15, -0.1) is 0 Å². The molecule has 2 aromatic carbocycles. The van der Waals surface area contributed by atoms with Crippen molar-refractivity contribution in [1.82, 2.24) is 5.32 Å². The molecule has 116 valence electrons. The SMILES string of the molecule is Cc1ccccc1C(=O)NCCc1ccc(C(F)(F)F)cc1. The molecule has 0 unspecified atom stereocenters. The van der Waals surface area contributed by atoms with Crippen molar-refractivity contribution in [3.05, 3.63) is 70.8 Å². The van der Waals surface area contributed by atoms with Crippen molar-refractivity contribution >= 4 is 5.91 Å². The Morgan fingerprint density at radius 2 is 1.68 bits per heavy atom. The van der Waals surface area contributed by atoms with Crippen molar-refractivity contribution in [2.45, 2.75) is 19.5 Å². The van der Waals surface area contributed by atoms with Gasteiger partial charge in [-0.3, -0.25) is 4.79 Å². The Balaban J connectivity index is 1.89. The van der Waals surface area contributed by atoms with Gasteiger partial charge in [0.05, 0.1) is 5.56 Å². The summed E-state index contributed by atoms with van der Waals surface area (Å²) in [5.74, 6) is -0.176. The Bertz CT molecular complexity index is 648. The zero-order valence-electron chi connectivity index (χ0n) is 12.1. The maximum absolute atomic E-state index is 12.4. The number of alkyl halides is 3. The molecule has 0 saturated heterocycles. The van der Waals surface area contributed by atoms with E-state index in [1.165, 1.54) is 12.1 Å². The van der Waals surface area contributed by atoms with E-state index in [9.17, 15) is 18.0 Å². The van der Waals surface area contributed by atoms with Crippen molar-refractivity contribution in [3.8, 4) is 0 Å². The Hall–Kier alpha value is -2.30. The van der Waals surface area contributed by atoms with Gasteiger partial charge in [0, 0.05) is 12.1 Å². The molecule has 1 amide bonds. The maximum Gasteiger partial charge on any atom is 0.416 e. The summed E-state index contributed by atoms with van der Waals surface area (Å²) in [5, 5.41) is 2.77. The van der Waals surface area contributed by atoms with Crippen molar-refractivity contribution in [2.24, 2.45) is 0 Å². The number of nitrogens with one attached hydrogen (secondary N) is 1. The van der Waals surface area contributed by atoms with Crippen LogP contribution >= 0.6 is 0 Å². The standard InChI is InChI=1S/C17H16F3NO/c1-12-4-2-3-5-15(12)16(22)21-11-10-13-6-8-14(9-7-13)17(18,19)20/h2-9H,10-11H2,1H3,(H,21,22). The first-order valence-corrected chi connectivity index (χ1v) is 6.88. The molecule has 0 saturated carbocycles. The second-order valence-corrected chi connectivity index (χ2v) is 5.02. The Labute approximate surface area is 127 Å². The van der Waals surface area contributed by atoms with Crippen molar-refractivity contribution in [1.29, 1.82) is 0 Å². The molecule has 0 atom stereocenters. The van der Waals surface area contributed by atoms with Crippen LogP contribution in [0.1, 0.15) is 27.0 Å². The first kappa shape index (κ1) is 16.1. The third kappa shape index (κ3) is 4.10. The van der Waals surface area contributed by atoms with Crippen LogP contribution < -0.4 is 5.32 Å². The summed E-state index contributed by atoms with van der Waals surface area (Å²) in [4.78, 5) is 12.0. The van der Waals surface area contributed by atoms with Crippen molar-refractivity contribution in [2.75, 3.05) is 6.54 Å². The minimum atomic E-state index is -4.32. The van der Waals surface area contributed by atoms with Gasteiger partial charge in [-0.2, -0.15) is 13.2 Å². The average Bonchev–Trinajstić information content (AvgIpc) is 2.47. The third-order valence-electron chi connectivity index (χ3n) is 3.37. The van der Waals surface area contributed by atoms with E-state index in [0.29, 0.717) is 18.5 Å². The molecule has 5 heteroatoms. The van der Waals surface area contributed by atoms with Crippen LogP contribution in [0, 0.1) is 6.92 Å². The number of halogens is 3. The van der Waals surface area contributed by atoms with E-state index in [2.05, 4.69) is 5.32 Å². The van der Waals surface area contributed by atoms with E-state index >= 15 is 0 Å². The molecule has 1 N–H and O–H groups in total. The van der Waals surface area contributed by atoms with Crippen LogP contribution in [0.25, 0.3) is 0 Å². The van der Waals surface area contributed by atoms with Gasteiger partial charge in [0.15, 0.2) is 0 Å². The fourth-order valence-corrected chi connectivity index (χ4v) is 2.10. The molecule has 2 nitrogen and oxygen atoms in total. The summed E-state index contributed by atoms with van der Waals surface area (Å²) >= 11 is 0. The summed E-state index contributed by atoms with van der Waals surface area (Å²) in [5.41, 5.74) is 1.57. The number of carbonyl (C=O) groups excluding carboxylic acids is 1. The molecule has 0 heterocycles. The van der Waals surface area contributed by atoms with Crippen LogP contribution in [0.3, 0.4) is 0 Å². The predicted molar refractivity (Wildman–Crippen MR) is 78.7 cm³/mol. The minimum absolute atomic E-state index is 0.176. The highest BCUT2D eigenvalue weighted by molar-refractivity contribution is 5.95. The monoisotopic (exact) mass is 307 g/mol. The van der Waals surface area contributed by atoms with E-state index < -0.39 is 11.7 Å². The number of amides is 1. The molecular weight excluding hydrogens is 291 g/mol. The van der Waals surface area contributed by atoms with E-state index in [-0.39, 0.29) is 5.91 Å². The number of hydrogen-bond acceptors (Lipinski definition) is 1. The zero-order valence-corrected chi connectivity index (χ0v) is 12.1. The first-order chi connectivity index (χ1) is 10.4. The molecule has 0 radical (unpaired) electrons. The van der Waals surface area contributed by atoms with Gasteiger partial charge in [0.2, 0.25) is 0 Å². The summed E-state index contributed by atoms with van der Waals surface area (Å²) in [6.07, 6.45) is -3.84. The molecule has 0 spiro atoms. The number of benzene rings is 2. The third-order valence-corrected chi connectivity index (χ3v) is 3.37. The lowest BCUT2D eigenvalue weighted by Gasteiger charge is -2.09. The van der Waals surface area contributed by atoms with Crippen LogP contribution in [0.2, 0.25) is 0 Å². The molecule has 0 fully saturated rings. The van der Waals surface area contributed by atoms with Gasteiger partial charge in [-0.25, -0.2) is 0 Å². The van der Waals surface area contributed by atoms with Gasteiger partial charge < -0.3 is 5.32 Å². The summed E-state index contributed by atoms with van der Waals surface area (Å²) in [6, 6.07) is 12.2. The van der Waals surface area contributed by atoms with Crippen LogP contribution in [0.15, 0.2) is 48.5 Å². The van der Waals surface area contributed by atoms with Crippen molar-refractivity contribution in [3.63, 3.8) is 0 Å². The fourth-order valence-electron chi connectivity index (χ4n) is 2.10. The lowest BCUT2D eigenvalue weighted by Crippen LogP contribution is -2.26. The molecule has 0 bridgehead atoms. The van der Waals surface area contributed by atoms with Crippen LogP contribution in [0.4, 0.5) is 13.2 Å². The lowest BCUT2D eigenvalue weighted by atomic mass is 10.1. The van der Waals surface area contributed by atoms with Crippen molar-refractivity contribution < 1.29 is 18.0 Å². The van der Waals surface area contributed by atoms with Gasteiger partial charge in [0.1, 0.15) is 0 Å². The van der Waals surface area contributed by atoms with E-state index in [1.54, 1.807) is 12.1 Å². The summed E-state index contributed by atoms with van der Waals surface area (Å²) in [6.45, 7) is 2.23. The molecule has 0 aliphatic carbocycles. The minimum Gasteiger partial charge on any atom is -0.352 e. The molecule has 22 heavy (non-hydrogen) atoms.